The van der Waals surface area contributed by atoms with Gasteiger partial charge in [-0.05, 0) is 50.3 Å². The summed E-state index contributed by atoms with van der Waals surface area (Å²) in [4.78, 5) is 4.79. The summed E-state index contributed by atoms with van der Waals surface area (Å²) < 4.78 is 7.91. The molecule has 2 N–H and O–H groups in total. The van der Waals surface area contributed by atoms with Gasteiger partial charge in [-0.15, -0.1) is 34.2 Å². The minimum absolute atomic E-state index is 0. The number of hydrogen-bond acceptors (Lipinski definition) is 5. The van der Waals surface area contributed by atoms with Gasteiger partial charge in [0.15, 0.2) is 11.8 Å². The molecule has 1 aromatic heterocycles. The van der Waals surface area contributed by atoms with Gasteiger partial charge in [0.1, 0.15) is 11.6 Å². The molecule has 1 heterocycles. The summed E-state index contributed by atoms with van der Waals surface area (Å²) in [7, 11) is 1.97. The molecule has 2 rings (SSSR count). The summed E-state index contributed by atoms with van der Waals surface area (Å²) >= 11 is 1.85. The van der Waals surface area contributed by atoms with Gasteiger partial charge in [0.05, 0.1) is 19.7 Å². The van der Waals surface area contributed by atoms with Crippen LogP contribution in [-0.4, -0.2) is 45.9 Å². The lowest BCUT2D eigenvalue weighted by Crippen LogP contribution is -2.38. The van der Waals surface area contributed by atoms with Crippen LogP contribution in [0.2, 0.25) is 0 Å². The van der Waals surface area contributed by atoms with Gasteiger partial charge < -0.3 is 19.9 Å². The Balaban J connectivity index is 0.00000450. The number of thioether (sulfide) groups is 1. The zero-order valence-electron chi connectivity index (χ0n) is 18.7. The molecule has 0 aliphatic rings. The molecule has 0 amide bonds. The van der Waals surface area contributed by atoms with E-state index in [0.717, 1.165) is 54.1 Å². The van der Waals surface area contributed by atoms with Crippen molar-refractivity contribution in [2.75, 3.05) is 25.2 Å². The average Bonchev–Trinajstić information content (AvgIpc) is 3.04. The van der Waals surface area contributed by atoms with Crippen molar-refractivity contribution in [3.8, 4) is 5.75 Å². The molecule has 30 heavy (non-hydrogen) atoms. The molecule has 1 aromatic carbocycles. The van der Waals surface area contributed by atoms with Gasteiger partial charge in [-0.25, -0.2) is 4.99 Å². The number of aromatic nitrogens is 3. The average molecular weight is 547 g/mol. The highest BCUT2D eigenvalue weighted by Gasteiger charge is 2.08. The first kappa shape index (κ1) is 26.5. The summed E-state index contributed by atoms with van der Waals surface area (Å²) in [6.45, 7) is 8.84. The van der Waals surface area contributed by atoms with Crippen LogP contribution in [0.25, 0.3) is 0 Å². The van der Waals surface area contributed by atoms with Gasteiger partial charge >= 0.3 is 0 Å². The van der Waals surface area contributed by atoms with E-state index in [1.807, 2.05) is 30.3 Å². The molecule has 7 nitrogen and oxygen atoms in total. The summed E-state index contributed by atoms with van der Waals surface area (Å²) in [5.74, 6) is 4.58. The van der Waals surface area contributed by atoms with E-state index in [2.05, 4.69) is 59.1 Å². The molecule has 0 aliphatic carbocycles. The Morgan fingerprint density at radius 2 is 2.03 bits per heavy atom. The topological polar surface area (TPSA) is 76.4 Å². The van der Waals surface area contributed by atoms with Crippen molar-refractivity contribution in [3.05, 3.63) is 41.0 Å². The minimum atomic E-state index is 0. The predicted molar refractivity (Wildman–Crippen MR) is 137 cm³/mol. The molecule has 2 aromatic rings. The van der Waals surface area contributed by atoms with Crippen molar-refractivity contribution in [2.24, 2.45) is 12.0 Å². The van der Waals surface area contributed by atoms with Crippen molar-refractivity contribution in [1.29, 1.82) is 0 Å². The van der Waals surface area contributed by atoms with Gasteiger partial charge in [-0.3, -0.25) is 0 Å². The van der Waals surface area contributed by atoms with Crippen molar-refractivity contribution >= 4 is 41.7 Å². The summed E-state index contributed by atoms with van der Waals surface area (Å²) in [5.41, 5.74) is 2.28. The van der Waals surface area contributed by atoms with Gasteiger partial charge in [0, 0.05) is 19.2 Å². The Labute approximate surface area is 201 Å². The Bertz CT molecular complexity index is 796. The fourth-order valence-corrected chi connectivity index (χ4v) is 3.10. The molecular weight excluding hydrogens is 511 g/mol. The molecule has 0 spiro atoms. The fourth-order valence-electron chi connectivity index (χ4n) is 2.67. The maximum atomic E-state index is 5.93. The van der Waals surface area contributed by atoms with Crippen LogP contribution in [0.4, 0.5) is 0 Å². The molecule has 0 unspecified atom stereocenters. The number of ether oxygens (including phenoxy) is 1. The maximum absolute atomic E-state index is 5.93. The Morgan fingerprint density at radius 1 is 1.23 bits per heavy atom. The maximum Gasteiger partial charge on any atom is 0.191 e. The second-order valence-electron chi connectivity index (χ2n) is 6.97. The van der Waals surface area contributed by atoms with E-state index in [0.29, 0.717) is 19.7 Å². The molecule has 0 saturated heterocycles. The lowest BCUT2D eigenvalue weighted by atomic mass is 10.1. The van der Waals surface area contributed by atoms with E-state index in [1.165, 1.54) is 5.56 Å². The molecule has 0 fully saturated rings. The number of nitrogens with zero attached hydrogens (tertiary/aromatic N) is 4. The van der Waals surface area contributed by atoms with E-state index < -0.39 is 0 Å². The number of benzene rings is 1. The molecule has 0 bridgehead atoms. The zero-order valence-corrected chi connectivity index (χ0v) is 21.8. The van der Waals surface area contributed by atoms with Crippen molar-refractivity contribution in [2.45, 2.75) is 46.7 Å². The van der Waals surface area contributed by atoms with Crippen LogP contribution in [0.1, 0.15) is 42.5 Å². The van der Waals surface area contributed by atoms with Crippen molar-refractivity contribution in [1.82, 2.24) is 25.4 Å². The molecular formula is C21H35IN6OS. The monoisotopic (exact) mass is 546 g/mol. The summed E-state index contributed by atoms with van der Waals surface area (Å²) in [6, 6.07) is 6.29. The van der Waals surface area contributed by atoms with Crippen molar-refractivity contribution < 1.29 is 4.74 Å². The number of halogens is 1. The second kappa shape index (κ2) is 14.5. The van der Waals surface area contributed by atoms with Crippen LogP contribution < -0.4 is 15.4 Å². The fraction of sp³-hybridized carbons (Fsp3) is 0.571. The van der Waals surface area contributed by atoms with Gasteiger partial charge in [0.25, 0.3) is 0 Å². The van der Waals surface area contributed by atoms with Crippen LogP contribution in [0, 0.1) is 13.8 Å². The third-order valence-electron chi connectivity index (χ3n) is 4.51. The lowest BCUT2D eigenvalue weighted by molar-refractivity contribution is 0.314. The predicted octanol–water partition coefficient (Wildman–Crippen LogP) is 3.83. The Hall–Kier alpha value is -1.49. The molecule has 0 saturated carbocycles. The Kier molecular flexibility index (Phi) is 12.8. The standard InChI is InChI=1S/C21H34N6OS.HI/c1-6-11-28-19-13-16(2)8-9-18(19)14-23-21(22-10-7-12-29-5)24-15-20-26-25-17(3)27(20)4;/h8-9,13H,6-7,10-12,14-15H2,1-5H3,(H2,22,23,24);1H. The number of hydrogen-bond donors (Lipinski definition) is 2. The molecule has 0 atom stereocenters. The molecule has 0 aliphatic heterocycles. The number of aliphatic imine (C=N–C) groups is 1. The lowest BCUT2D eigenvalue weighted by Gasteiger charge is -2.14. The van der Waals surface area contributed by atoms with Crippen LogP contribution in [0.5, 0.6) is 5.75 Å². The quantitative estimate of drug-likeness (QED) is 0.193. The smallest absolute Gasteiger partial charge is 0.191 e. The van der Waals surface area contributed by atoms with E-state index in [9.17, 15) is 0 Å². The van der Waals surface area contributed by atoms with E-state index in [-0.39, 0.29) is 24.0 Å². The van der Waals surface area contributed by atoms with Crippen molar-refractivity contribution in [3.63, 3.8) is 0 Å². The SMILES string of the molecule is CCCOc1cc(C)ccc1CN=C(NCCCSC)NCc1nnc(C)n1C.I. The van der Waals surface area contributed by atoms with Gasteiger partial charge in [-0.1, -0.05) is 19.1 Å². The largest absolute Gasteiger partial charge is 0.493 e. The molecule has 168 valence electrons. The number of nitrogens with one attached hydrogen (secondary N) is 2. The van der Waals surface area contributed by atoms with Crippen LogP contribution in [0.3, 0.4) is 0 Å². The first-order valence-electron chi connectivity index (χ1n) is 10.1. The number of guanidine groups is 1. The summed E-state index contributed by atoms with van der Waals surface area (Å²) in [6.07, 6.45) is 4.19. The number of rotatable bonds is 11. The summed E-state index contributed by atoms with van der Waals surface area (Å²) in [5, 5.41) is 15.1. The van der Waals surface area contributed by atoms with Gasteiger partial charge in [0.2, 0.25) is 0 Å². The van der Waals surface area contributed by atoms with Crippen LogP contribution >= 0.6 is 35.7 Å². The third-order valence-corrected chi connectivity index (χ3v) is 5.20. The highest BCUT2D eigenvalue weighted by atomic mass is 127. The normalized spacial score (nSPS) is 11.2. The second-order valence-corrected chi connectivity index (χ2v) is 7.96. The van der Waals surface area contributed by atoms with Gasteiger partial charge in [-0.2, -0.15) is 11.8 Å². The highest BCUT2D eigenvalue weighted by molar-refractivity contribution is 14.0. The first-order chi connectivity index (χ1) is 14.0. The van der Waals surface area contributed by atoms with E-state index >= 15 is 0 Å². The third kappa shape index (κ3) is 8.71. The molecule has 9 heteroatoms. The van der Waals surface area contributed by atoms with Crippen LogP contribution in [-0.2, 0) is 20.1 Å². The van der Waals surface area contributed by atoms with Crippen LogP contribution in [0.15, 0.2) is 23.2 Å². The number of aryl methyl sites for hydroxylation is 2. The van der Waals surface area contributed by atoms with E-state index in [4.69, 9.17) is 9.73 Å². The molecule has 0 radical (unpaired) electrons. The zero-order chi connectivity index (χ0) is 21.1. The Morgan fingerprint density at radius 3 is 2.70 bits per heavy atom. The highest BCUT2D eigenvalue weighted by Crippen LogP contribution is 2.21. The minimum Gasteiger partial charge on any atom is -0.493 e. The van der Waals surface area contributed by atoms with E-state index in [1.54, 1.807) is 0 Å². The first-order valence-corrected chi connectivity index (χ1v) is 11.5.